The van der Waals surface area contributed by atoms with Crippen molar-refractivity contribution in [1.29, 1.82) is 0 Å². The molecule has 2 unspecified atom stereocenters. The molecule has 1 aliphatic heterocycles. The molecule has 0 spiro atoms. The number of para-hydroxylation sites is 1. The number of nitrogens with two attached hydrogens (primary N) is 1. The quantitative estimate of drug-likeness (QED) is 0.871. The fourth-order valence-electron chi connectivity index (χ4n) is 2.66. The van der Waals surface area contributed by atoms with E-state index in [0.29, 0.717) is 6.04 Å². The molecule has 2 atom stereocenters. The molecular weight excluding hydrogens is 228 g/mol. The van der Waals surface area contributed by atoms with Gasteiger partial charge in [0, 0.05) is 24.8 Å². The highest BCUT2D eigenvalue weighted by Crippen LogP contribution is 2.30. The molecule has 0 aliphatic carbocycles. The maximum atomic E-state index is 6.02. The first-order chi connectivity index (χ1) is 8.36. The minimum atomic E-state index is 0.498. The molecule has 1 saturated heterocycles. The summed E-state index contributed by atoms with van der Waals surface area (Å²) in [6.07, 6.45) is 1.32. The van der Waals surface area contributed by atoms with E-state index < -0.39 is 0 Å². The minimum absolute atomic E-state index is 0.498. The van der Waals surface area contributed by atoms with Crippen LogP contribution in [0.15, 0.2) is 30.3 Å². The van der Waals surface area contributed by atoms with Gasteiger partial charge in [-0.1, -0.05) is 18.2 Å². The van der Waals surface area contributed by atoms with Crippen LogP contribution in [0.4, 0.5) is 5.69 Å². The summed E-state index contributed by atoms with van der Waals surface area (Å²) in [5.41, 5.74) is 7.32. The van der Waals surface area contributed by atoms with Crippen LogP contribution in [0, 0.1) is 5.92 Å². The van der Waals surface area contributed by atoms with E-state index in [9.17, 15) is 0 Å². The summed E-state index contributed by atoms with van der Waals surface area (Å²) in [4.78, 5) is 2.47. The van der Waals surface area contributed by atoms with Gasteiger partial charge in [-0.3, -0.25) is 0 Å². The summed E-state index contributed by atoms with van der Waals surface area (Å²) in [7, 11) is 0. The zero-order valence-electron chi connectivity index (χ0n) is 10.5. The van der Waals surface area contributed by atoms with Crippen molar-refractivity contribution in [3.63, 3.8) is 0 Å². The highest BCUT2D eigenvalue weighted by atomic mass is 32.2. The number of thioether (sulfide) groups is 1. The zero-order valence-corrected chi connectivity index (χ0v) is 11.3. The molecule has 2 nitrogen and oxygen atoms in total. The van der Waals surface area contributed by atoms with Gasteiger partial charge in [0.15, 0.2) is 0 Å². The Balaban J connectivity index is 2.15. The van der Waals surface area contributed by atoms with Gasteiger partial charge in [0.25, 0.3) is 0 Å². The number of rotatable bonds is 5. The molecule has 0 saturated carbocycles. The molecule has 1 aromatic rings. The summed E-state index contributed by atoms with van der Waals surface area (Å²) in [5.74, 6) is 3.32. The summed E-state index contributed by atoms with van der Waals surface area (Å²) >= 11 is 2.07. The van der Waals surface area contributed by atoms with Crippen molar-refractivity contribution >= 4 is 17.4 Å². The highest BCUT2D eigenvalue weighted by molar-refractivity contribution is 7.99. The van der Waals surface area contributed by atoms with Gasteiger partial charge < -0.3 is 10.6 Å². The van der Waals surface area contributed by atoms with Gasteiger partial charge in [-0.05, 0) is 42.9 Å². The SMILES string of the molecule is CCN(c1ccccc1)C(CN)C1CCSC1. The van der Waals surface area contributed by atoms with Crippen LogP contribution in [0.2, 0.25) is 0 Å². The smallest absolute Gasteiger partial charge is 0.0448 e. The molecular formula is C14H22N2S. The van der Waals surface area contributed by atoms with Gasteiger partial charge >= 0.3 is 0 Å². The molecule has 1 fully saturated rings. The topological polar surface area (TPSA) is 29.3 Å². The van der Waals surface area contributed by atoms with Crippen molar-refractivity contribution < 1.29 is 0 Å². The molecule has 0 amide bonds. The van der Waals surface area contributed by atoms with E-state index in [2.05, 4.69) is 53.9 Å². The molecule has 0 aromatic heterocycles. The summed E-state index contributed by atoms with van der Waals surface area (Å²) in [6.45, 7) is 4.01. The van der Waals surface area contributed by atoms with Crippen molar-refractivity contribution in [2.75, 3.05) is 29.5 Å². The molecule has 2 N–H and O–H groups in total. The Labute approximate surface area is 109 Å². The second-order valence-corrected chi connectivity index (χ2v) is 5.70. The van der Waals surface area contributed by atoms with Gasteiger partial charge in [0.05, 0.1) is 0 Å². The molecule has 17 heavy (non-hydrogen) atoms. The number of likely N-dealkylation sites (N-methyl/N-ethyl adjacent to an activating group) is 1. The molecule has 1 heterocycles. The van der Waals surface area contributed by atoms with E-state index in [1.54, 1.807) is 0 Å². The van der Waals surface area contributed by atoms with Crippen LogP contribution in [0.1, 0.15) is 13.3 Å². The van der Waals surface area contributed by atoms with Crippen molar-refractivity contribution in [2.24, 2.45) is 11.7 Å². The number of anilines is 1. The fourth-order valence-corrected chi connectivity index (χ4v) is 3.99. The lowest BCUT2D eigenvalue weighted by Gasteiger charge is -2.35. The van der Waals surface area contributed by atoms with Crippen LogP contribution in [0.3, 0.4) is 0 Å². The number of nitrogens with zero attached hydrogens (tertiary/aromatic N) is 1. The molecule has 2 rings (SSSR count). The lowest BCUT2D eigenvalue weighted by atomic mass is 9.97. The lowest BCUT2D eigenvalue weighted by Crippen LogP contribution is -2.46. The minimum Gasteiger partial charge on any atom is -0.367 e. The van der Waals surface area contributed by atoms with Crippen LogP contribution < -0.4 is 10.6 Å². The standard InChI is InChI=1S/C14H22N2S/c1-2-16(13-6-4-3-5-7-13)14(10-15)12-8-9-17-11-12/h3-7,12,14H,2,8-11,15H2,1H3. The van der Waals surface area contributed by atoms with Crippen LogP contribution in [-0.4, -0.2) is 30.6 Å². The molecule has 94 valence electrons. The highest BCUT2D eigenvalue weighted by Gasteiger charge is 2.28. The van der Waals surface area contributed by atoms with Gasteiger partial charge in [-0.15, -0.1) is 0 Å². The number of benzene rings is 1. The first-order valence-electron chi connectivity index (χ1n) is 6.46. The van der Waals surface area contributed by atoms with Gasteiger partial charge in [0.2, 0.25) is 0 Å². The summed E-state index contributed by atoms with van der Waals surface area (Å²) in [5, 5.41) is 0. The Bertz CT molecular complexity index is 322. The maximum Gasteiger partial charge on any atom is 0.0448 e. The maximum absolute atomic E-state index is 6.02. The average molecular weight is 250 g/mol. The van der Waals surface area contributed by atoms with E-state index in [1.807, 2.05) is 0 Å². The first-order valence-corrected chi connectivity index (χ1v) is 7.61. The Morgan fingerprint density at radius 2 is 2.18 bits per heavy atom. The van der Waals surface area contributed by atoms with Crippen LogP contribution in [0.25, 0.3) is 0 Å². The normalized spacial score (nSPS) is 21.4. The monoisotopic (exact) mass is 250 g/mol. The largest absolute Gasteiger partial charge is 0.367 e. The second kappa shape index (κ2) is 6.31. The van der Waals surface area contributed by atoms with Crippen molar-refractivity contribution in [2.45, 2.75) is 19.4 Å². The van der Waals surface area contributed by atoms with Gasteiger partial charge in [-0.25, -0.2) is 0 Å². The van der Waals surface area contributed by atoms with Crippen LogP contribution in [-0.2, 0) is 0 Å². The summed E-state index contributed by atoms with van der Waals surface area (Å²) in [6, 6.07) is 11.2. The van der Waals surface area contributed by atoms with Gasteiger partial charge in [-0.2, -0.15) is 11.8 Å². The number of hydrogen-bond donors (Lipinski definition) is 1. The third-order valence-electron chi connectivity index (χ3n) is 3.58. The zero-order chi connectivity index (χ0) is 12.1. The van der Waals surface area contributed by atoms with Crippen LogP contribution in [0.5, 0.6) is 0 Å². The van der Waals surface area contributed by atoms with Crippen LogP contribution >= 0.6 is 11.8 Å². The Morgan fingerprint density at radius 1 is 1.41 bits per heavy atom. The Hall–Kier alpha value is -0.670. The first kappa shape index (κ1) is 12.8. The van der Waals surface area contributed by atoms with E-state index in [0.717, 1.165) is 19.0 Å². The van der Waals surface area contributed by atoms with E-state index in [-0.39, 0.29) is 0 Å². The molecule has 1 aromatic carbocycles. The third kappa shape index (κ3) is 2.96. The third-order valence-corrected chi connectivity index (χ3v) is 4.77. The van der Waals surface area contributed by atoms with Crippen molar-refractivity contribution in [3.05, 3.63) is 30.3 Å². The molecule has 3 heteroatoms. The average Bonchev–Trinajstić information content (AvgIpc) is 2.90. The van der Waals surface area contributed by atoms with E-state index >= 15 is 0 Å². The van der Waals surface area contributed by atoms with Crippen molar-refractivity contribution in [3.8, 4) is 0 Å². The predicted octanol–water partition coefficient (Wildman–Crippen LogP) is 2.59. The lowest BCUT2D eigenvalue weighted by molar-refractivity contribution is 0.442. The number of hydrogen-bond acceptors (Lipinski definition) is 3. The van der Waals surface area contributed by atoms with Gasteiger partial charge in [0.1, 0.15) is 0 Å². The molecule has 0 radical (unpaired) electrons. The van der Waals surface area contributed by atoms with Crippen molar-refractivity contribution in [1.82, 2.24) is 0 Å². The Morgan fingerprint density at radius 3 is 2.71 bits per heavy atom. The van der Waals surface area contributed by atoms with E-state index in [1.165, 1.54) is 23.6 Å². The molecule has 1 aliphatic rings. The predicted molar refractivity (Wildman–Crippen MR) is 77.7 cm³/mol. The molecule has 0 bridgehead atoms. The van der Waals surface area contributed by atoms with E-state index in [4.69, 9.17) is 5.73 Å². The second-order valence-electron chi connectivity index (χ2n) is 4.55. The fraction of sp³-hybridized carbons (Fsp3) is 0.571. The summed E-state index contributed by atoms with van der Waals surface area (Å²) < 4.78 is 0. The Kier molecular flexibility index (Phi) is 4.75.